The predicted octanol–water partition coefficient (Wildman–Crippen LogP) is 4.42. The molecule has 10 heteroatoms. The monoisotopic (exact) mass is 393 g/mol. The van der Waals surface area contributed by atoms with Gasteiger partial charge in [0.2, 0.25) is 11.8 Å². The van der Waals surface area contributed by atoms with Crippen LogP contribution in [-0.2, 0) is 11.7 Å². The van der Waals surface area contributed by atoms with Gasteiger partial charge in [0.05, 0.1) is 11.1 Å². The van der Waals surface area contributed by atoms with Crippen LogP contribution in [0.4, 0.5) is 23.5 Å². The third-order valence-electron chi connectivity index (χ3n) is 4.71. The summed E-state index contributed by atoms with van der Waals surface area (Å²) in [6.45, 7) is 2.07. The minimum atomic E-state index is -4.72. The van der Waals surface area contributed by atoms with Gasteiger partial charge in [0.25, 0.3) is 0 Å². The van der Waals surface area contributed by atoms with Crippen LogP contribution in [0.5, 0.6) is 0 Å². The molecule has 3 aromatic rings. The molecular formula is C18H15F4N5O. The Kier molecular flexibility index (Phi) is 4.28. The Morgan fingerprint density at radius 2 is 1.82 bits per heavy atom. The molecule has 6 nitrogen and oxygen atoms in total. The van der Waals surface area contributed by atoms with E-state index in [0.717, 1.165) is 0 Å². The van der Waals surface area contributed by atoms with Crippen LogP contribution < -0.4 is 5.32 Å². The number of nitrogens with zero attached hydrogens (tertiary/aromatic N) is 4. The van der Waals surface area contributed by atoms with E-state index in [9.17, 15) is 17.6 Å². The molecule has 2 heterocycles. The van der Waals surface area contributed by atoms with Crippen LogP contribution in [0.3, 0.4) is 0 Å². The minimum Gasteiger partial charge on any atom is -0.345 e. The molecule has 0 saturated heterocycles. The number of nitrogens with one attached hydrogen (secondary N) is 1. The van der Waals surface area contributed by atoms with Gasteiger partial charge in [-0.1, -0.05) is 30.3 Å². The van der Waals surface area contributed by atoms with E-state index in [1.165, 1.54) is 18.5 Å². The van der Waals surface area contributed by atoms with Crippen LogP contribution in [0, 0.1) is 11.7 Å². The van der Waals surface area contributed by atoms with Gasteiger partial charge in [-0.3, -0.25) is 0 Å². The summed E-state index contributed by atoms with van der Waals surface area (Å²) in [5.41, 5.74) is 0.0856. The normalized spacial score (nSPS) is 22.0. The van der Waals surface area contributed by atoms with Crippen molar-refractivity contribution in [3.8, 4) is 11.4 Å². The van der Waals surface area contributed by atoms with Gasteiger partial charge in [0, 0.05) is 18.0 Å². The maximum atomic E-state index is 14.3. The maximum Gasteiger partial charge on any atom is 0.471 e. The molecule has 0 atom stereocenters. The fourth-order valence-electron chi connectivity index (χ4n) is 3.55. The third kappa shape index (κ3) is 3.30. The molecule has 0 unspecified atom stereocenters. The smallest absolute Gasteiger partial charge is 0.345 e. The quantitative estimate of drug-likeness (QED) is 0.661. The van der Waals surface area contributed by atoms with Crippen molar-refractivity contribution >= 4 is 5.95 Å². The lowest BCUT2D eigenvalue weighted by Gasteiger charge is -2.47. The Labute approximate surface area is 157 Å². The molecule has 1 saturated carbocycles. The largest absolute Gasteiger partial charge is 0.471 e. The summed E-state index contributed by atoms with van der Waals surface area (Å²) in [6.07, 6.45) is -0.729. The second-order valence-corrected chi connectivity index (χ2v) is 6.92. The highest BCUT2D eigenvalue weighted by Gasteiger charge is 2.45. The number of anilines is 1. The van der Waals surface area contributed by atoms with Gasteiger partial charge >= 0.3 is 12.1 Å². The highest BCUT2D eigenvalue weighted by Crippen LogP contribution is 2.48. The van der Waals surface area contributed by atoms with E-state index in [1.807, 2.05) is 0 Å². The van der Waals surface area contributed by atoms with E-state index in [0.29, 0.717) is 24.3 Å². The first-order valence-corrected chi connectivity index (χ1v) is 8.53. The van der Waals surface area contributed by atoms with Crippen molar-refractivity contribution in [1.29, 1.82) is 0 Å². The Hall–Kier alpha value is -3.04. The van der Waals surface area contributed by atoms with Crippen LogP contribution in [0.25, 0.3) is 11.4 Å². The predicted molar refractivity (Wildman–Crippen MR) is 90.4 cm³/mol. The second kappa shape index (κ2) is 6.54. The van der Waals surface area contributed by atoms with Gasteiger partial charge in [-0.25, -0.2) is 14.4 Å². The summed E-state index contributed by atoms with van der Waals surface area (Å²) in [6, 6.07) is 6.52. The van der Waals surface area contributed by atoms with Crippen LogP contribution in [-0.4, -0.2) is 20.1 Å². The molecule has 0 spiro atoms. The first kappa shape index (κ1) is 18.3. The Morgan fingerprint density at radius 1 is 1.14 bits per heavy atom. The van der Waals surface area contributed by atoms with Crippen molar-refractivity contribution in [2.75, 3.05) is 5.32 Å². The topological polar surface area (TPSA) is 76.7 Å². The minimum absolute atomic E-state index is 0.173. The summed E-state index contributed by atoms with van der Waals surface area (Å²) in [5, 5.41) is 6.48. The summed E-state index contributed by atoms with van der Waals surface area (Å²) in [4.78, 5) is 11.6. The molecule has 2 aromatic heterocycles. The number of hydrogen-bond donors (Lipinski definition) is 1. The number of aromatic nitrogens is 4. The molecule has 1 aliphatic rings. The molecule has 0 bridgehead atoms. The van der Waals surface area contributed by atoms with E-state index < -0.39 is 17.6 Å². The van der Waals surface area contributed by atoms with Crippen molar-refractivity contribution in [2.24, 2.45) is 5.92 Å². The first-order valence-electron chi connectivity index (χ1n) is 8.53. The zero-order valence-electron chi connectivity index (χ0n) is 14.7. The van der Waals surface area contributed by atoms with Crippen LogP contribution >= 0.6 is 0 Å². The Morgan fingerprint density at radius 3 is 2.39 bits per heavy atom. The number of alkyl halides is 3. The third-order valence-corrected chi connectivity index (χ3v) is 4.71. The van der Waals surface area contributed by atoms with Gasteiger partial charge in [-0.15, -0.1) is 0 Å². The van der Waals surface area contributed by atoms with Crippen molar-refractivity contribution in [3.05, 3.63) is 53.9 Å². The summed E-state index contributed by atoms with van der Waals surface area (Å²) in [5.74, 6) is -1.37. The molecule has 0 amide bonds. The van der Waals surface area contributed by atoms with E-state index in [4.69, 9.17) is 0 Å². The van der Waals surface area contributed by atoms with Crippen LogP contribution in [0.15, 0.2) is 41.2 Å². The van der Waals surface area contributed by atoms with Gasteiger partial charge in [-0.05, 0) is 24.8 Å². The Bertz CT molecular complexity index is 980. The molecular weight excluding hydrogens is 378 g/mol. The first-order chi connectivity index (χ1) is 13.3. The van der Waals surface area contributed by atoms with Crippen molar-refractivity contribution in [3.63, 3.8) is 0 Å². The van der Waals surface area contributed by atoms with Gasteiger partial charge in [0.15, 0.2) is 0 Å². The standard InChI is InChI=1S/C18H15F4N5O/c1-10-6-17(7-10,12-4-2-3-5-13(12)19)26-16-23-8-11(9-24-16)14-25-15(28-27-14)18(20,21)22/h2-5,8-10H,6-7H2,1H3,(H,23,24,26). The number of hydrogen-bond acceptors (Lipinski definition) is 6. The highest BCUT2D eigenvalue weighted by atomic mass is 19.4. The number of benzene rings is 1. The number of halogens is 4. The molecule has 1 aliphatic carbocycles. The average Bonchev–Trinajstić information content (AvgIpc) is 3.12. The van der Waals surface area contributed by atoms with Gasteiger partial charge in [-0.2, -0.15) is 18.2 Å². The molecule has 0 radical (unpaired) electrons. The van der Waals surface area contributed by atoms with E-state index in [-0.39, 0.29) is 23.2 Å². The van der Waals surface area contributed by atoms with Crippen molar-refractivity contribution in [2.45, 2.75) is 31.5 Å². The van der Waals surface area contributed by atoms with Crippen molar-refractivity contribution < 1.29 is 22.1 Å². The van der Waals surface area contributed by atoms with Crippen LogP contribution in [0.1, 0.15) is 31.2 Å². The molecule has 1 N–H and O–H groups in total. The molecule has 146 valence electrons. The van der Waals surface area contributed by atoms with Gasteiger partial charge in [0.1, 0.15) is 5.82 Å². The lowest BCUT2D eigenvalue weighted by molar-refractivity contribution is -0.159. The highest BCUT2D eigenvalue weighted by molar-refractivity contribution is 5.53. The average molecular weight is 393 g/mol. The SMILES string of the molecule is CC1CC(Nc2ncc(-c3noc(C(F)(F)F)n3)cn2)(c2ccccc2F)C1. The summed E-state index contributed by atoms with van der Waals surface area (Å²) in [7, 11) is 0. The summed E-state index contributed by atoms with van der Waals surface area (Å²) >= 11 is 0. The molecule has 1 fully saturated rings. The lowest BCUT2D eigenvalue weighted by Crippen LogP contribution is -2.47. The lowest BCUT2D eigenvalue weighted by atomic mass is 9.65. The van der Waals surface area contributed by atoms with E-state index >= 15 is 0 Å². The summed E-state index contributed by atoms with van der Waals surface area (Å²) < 4.78 is 56.2. The molecule has 1 aromatic carbocycles. The van der Waals surface area contributed by atoms with E-state index in [1.54, 1.807) is 18.2 Å². The molecule has 4 rings (SSSR count). The molecule has 0 aliphatic heterocycles. The van der Waals surface area contributed by atoms with Crippen LogP contribution in [0.2, 0.25) is 0 Å². The zero-order chi connectivity index (χ0) is 19.9. The van der Waals surface area contributed by atoms with Crippen molar-refractivity contribution in [1.82, 2.24) is 20.1 Å². The van der Waals surface area contributed by atoms with E-state index in [2.05, 4.69) is 36.9 Å². The number of rotatable bonds is 4. The fraction of sp³-hybridized carbons (Fsp3) is 0.333. The fourth-order valence-corrected chi connectivity index (χ4v) is 3.55. The Balaban J connectivity index is 1.57. The zero-order valence-corrected chi connectivity index (χ0v) is 14.7. The maximum absolute atomic E-state index is 14.3. The molecule has 28 heavy (non-hydrogen) atoms. The van der Waals surface area contributed by atoms with Gasteiger partial charge < -0.3 is 9.84 Å². The second-order valence-electron chi connectivity index (χ2n) is 6.92.